The third-order valence-corrected chi connectivity index (χ3v) is 3.40. The van der Waals surface area contributed by atoms with Gasteiger partial charge in [-0.2, -0.15) is 0 Å². The number of hydrogen-bond donors (Lipinski definition) is 1. The first kappa shape index (κ1) is 9.22. The maximum atomic E-state index is 3.58. The fourth-order valence-electron chi connectivity index (χ4n) is 1.86. The predicted octanol–water partition coefficient (Wildman–Crippen LogP) is 2.60. The standard InChI is InChI=1S/C11H14BrN/c12-11-4-2-1-3-10(11)7-9-5-6-13-8-9/h1-4,9,13H,5-8H2. The van der Waals surface area contributed by atoms with Crippen LogP contribution in [0.2, 0.25) is 0 Å². The SMILES string of the molecule is Brc1ccccc1CC1CCNC1. The molecule has 70 valence electrons. The van der Waals surface area contributed by atoms with Crippen molar-refractivity contribution in [1.29, 1.82) is 0 Å². The Morgan fingerprint density at radius 1 is 1.38 bits per heavy atom. The van der Waals surface area contributed by atoms with Crippen LogP contribution in [0.5, 0.6) is 0 Å². The van der Waals surface area contributed by atoms with Crippen molar-refractivity contribution in [2.75, 3.05) is 13.1 Å². The first-order valence-corrected chi connectivity index (χ1v) is 5.59. The van der Waals surface area contributed by atoms with Crippen LogP contribution in [0.25, 0.3) is 0 Å². The second kappa shape index (κ2) is 4.25. The topological polar surface area (TPSA) is 12.0 Å². The fourth-order valence-corrected chi connectivity index (χ4v) is 2.31. The van der Waals surface area contributed by atoms with Crippen LogP contribution in [0.1, 0.15) is 12.0 Å². The minimum Gasteiger partial charge on any atom is -0.316 e. The van der Waals surface area contributed by atoms with Gasteiger partial charge < -0.3 is 5.32 Å². The summed E-state index contributed by atoms with van der Waals surface area (Å²) in [5.74, 6) is 0.832. The average Bonchev–Trinajstić information content (AvgIpc) is 2.61. The molecule has 0 spiro atoms. The summed E-state index contributed by atoms with van der Waals surface area (Å²) in [7, 11) is 0. The van der Waals surface area contributed by atoms with E-state index in [1.54, 1.807) is 0 Å². The van der Waals surface area contributed by atoms with E-state index in [9.17, 15) is 0 Å². The van der Waals surface area contributed by atoms with E-state index >= 15 is 0 Å². The summed E-state index contributed by atoms with van der Waals surface area (Å²) in [6.45, 7) is 2.37. The number of nitrogens with one attached hydrogen (secondary N) is 1. The lowest BCUT2D eigenvalue weighted by Crippen LogP contribution is -2.10. The molecule has 0 amide bonds. The molecule has 1 N–H and O–H groups in total. The van der Waals surface area contributed by atoms with Crippen molar-refractivity contribution in [3.05, 3.63) is 34.3 Å². The zero-order valence-corrected chi connectivity index (χ0v) is 9.18. The van der Waals surface area contributed by atoms with Gasteiger partial charge in [-0.05, 0) is 43.5 Å². The molecular formula is C11H14BrN. The van der Waals surface area contributed by atoms with Gasteiger partial charge in [0.2, 0.25) is 0 Å². The molecule has 1 fully saturated rings. The van der Waals surface area contributed by atoms with Crippen LogP contribution in [-0.4, -0.2) is 13.1 Å². The summed E-state index contributed by atoms with van der Waals surface area (Å²) in [5, 5.41) is 3.40. The molecule has 0 radical (unpaired) electrons. The van der Waals surface area contributed by atoms with E-state index in [1.165, 1.54) is 36.0 Å². The molecule has 1 nitrogen and oxygen atoms in total. The van der Waals surface area contributed by atoms with Crippen LogP contribution in [0, 0.1) is 5.92 Å². The maximum Gasteiger partial charge on any atom is 0.0207 e. The number of benzene rings is 1. The van der Waals surface area contributed by atoms with Gasteiger partial charge in [-0.15, -0.1) is 0 Å². The summed E-state index contributed by atoms with van der Waals surface area (Å²) in [5.41, 5.74) is 1.44. The van der Waals surface area contributed by atoms with E-state index in [4.69, 9.17) is 0 Å². The molecule has 0 aliphatic carbocycles. The van der Waals surface area contributed by atoms with Gasteiger partial charge in [0, 0.05) is 4.47 Å². The molecule has 1 aromatic rings. The Hall–Kier alpha value is -0.340. The van der Waals surface area contributed by atoms with Crippen LogP contribution < -0.4 is 5.32 Å². The van der Waals surface area contributed by atoms with E-state index in [-0.39, 0.29) is 0 Å². The van der Waals surface area contributed by atoms with Gasteiger partial charge in [-0.3, -0.25) is 0 Å². The Morgan fingerprint density at radius 2 is 2.23 bits per heavy atom. The normalized spacial score (nSPS) is 22.1. The quantitative estimate of drug-likeness (QED) is 0.837. The Labute approximate surface area is 87.7 Å². The van der Waals surface area contributed by atoms with Crippen molar-refractivity contribution in [3.8, 4) is 0 Å². The van der Waals surface area contributed by atoms with Gasteiger partial charge >= 0.3 is 0 Å². The Morgan fingerprint density at radius 3 is 2.92 bits per heavy atom. The summed E-state index contributed by atoms with van der Waals surface area (Å²) >= 11 is 3.58. The largest absolute Gasteiger partial charge is 0.316 e. The minimum absolute atomic E-state index is 0.832. The Bertz CT molecular complexity index is 279. The summed E-state index contributed by atoms with van der Waals surface area (Å²) in [4.78, 5) is 0. The maximum absolute atomic E-state index is 3.58. The van der Waals surface area contributed by atoms with Crippen molar-refractivity contribution in [2.45, 2.75) is 12.8 Å². The lowest BCUT2D eigenvalue weighted by Gasteiger charge is -2.09. The van der Waals surface area contributed by atoms with E-state index in [0.717, 1.165) is 5.92 Å². The van der Waals surface area contributed by atoms with Crippen LogP contribution in [0.15, 0.2) is 28.7 Å². The van der Waals surface area contributed by atoms with Gasteiger partial charge in [0.15, 0.2) is 0 Å². The third kappa shape index (κ3) is 2.32. The molecule has 1 aliphatic rings. The highest BCUT2D eigenvalue weighted by molar-refractivity contribution is 9.10. The molecular weight excluding hydrogens is 226 g/mol. The molecule has 1 unspecified atom stereocenters. The van der Waals surface area contributed by atoms with Crippen molar-refractivity contribution >= 4 is 15.9 Å². The number of halogens is 1. The number of hydrogen-bond acceptors (Lipinski definition) is 1. The first-order chi connectivity index (χ1) is 6.36. The lowest BCUT2D eigenvalue weighted by atomic mass is 9.99. The van der Waals surface area contributed by atoms with Crippen molar-refractivity contribution in [2.24, 2.45) is 5.92 Å². The summed E-state index contributed by atoms with van der Waals surface area (Å²) in [6.07, 6.45) is 2.52. The molecule has 2 rings (SSSR count). The highest BCUT2D eigenvalue weighted by Crippen LogP contribution is 2.21. The highest BCUT2D eigenvalue weighted by Gasteiger charge is 2.15. The molecule has 1 aliphatic heterocycles. The van der Waals surface area contributed by atoms with Crippen LogP contribution in [0.4, 0.5) is 0 Å². The van der Waals surface area contributed by atoms with Crippen molar-refractivity contribution < 1.29 is 0 Å². The first-order valence-electron chi connectivity index (χ1n) is 4.80. The average molecular weight is 240 g/mol. The lowest BCUT2D eigenvalue weighted by molar-refractivity contribution is 0.579. The van der Waals surface area contributed by atoms with Crippen LogP contribution >= 0.6 is 15.9 Å². The monoisotopic (exact) mass is 239 g/mol. The zero-order valence-electron chi connectivity index (χ0n) is 7.59. The van der Waals surface area contributed by atoms with E-state index < -0.39 is 0 Å². The van der Waals surface area contributed by atoms with Crippen LogP contribution in [0.3, 0.4) is 0 Å². The van der Waals surface area contributed by atoms with Gasteiger partial charge in [0.1, 0.15) is 0 Å². The Balaban J connectivity index is 2.04. The van der Waals surface area contributed by atoms with Gasteiger partial charge in [-0.1, -0.05) is 34.1 Å². The van der Waals surface area contributed by atoms with E-state index in [0.29, 0.717) is 0 Å². The predicted molar refractivity (Wildman–Crippen MR) is 58.8 cm³/mol. The van der Waals surface area contributed by atoms with Crippen molar-refractivity contribution in [3.63, 3.8) is 0 Å². The summed E-state index contributed by atoms with van der Waals surface area (Å²) < 4.78 is 1.25. The zero-order chi connectivity index (χ0) is 9.10. The highest BCUT2D eigenvalue weighted by atomic mass is 79.9. The van der Waals surface area contributed by atoms with Crippen LogP contribution in [-0.2, 0) is 6.42 Å². The number of rotatable bonds is 2. The second-order valence-electron chi connectivity index (χ2n) is 3.65. The Kier molecular flexibility index (Phi) is 3.01. The molecule has 1 saturated heterocycles. The van der Waals surface area contributed by atoms with Gasteiger partial charge in [-0.25, -0.2) is 0 Å². The summed E-state index contributed by atoms with van der Waals surface area (Å²) in [6, 6.07) is 8.52. The third-order valence-electron chi connectivity index (χ3n) is 2.63. The molecule has 1 heterocycles. The smallest absolute Gasteiger partial charge is 0.0207 e. The van der Waals surface area contributed by atoms with Gasteiger partial charge in [0.05, 0.1) is 0 Å². The van der Waals surface area contributed by atoms with Crippen molar-refractivity contribution in [1.82, 2.24) is 5.32 Å². The molecule has 2 heteroatoms. The van der Waals surface area contributed by atoms with E-state index in [1.807, 2.05) is 0 Å². The molecule has 0 saturated carbocycles. The fraction of sp³-hybridized carbons (Fsp3) is 0.455. The minimum atomic E-state index is 0.832. The molecule has 1 aromatic carbocycles. The molecule has 13 heavy (non-hydrogen) atoms. The molecule has 1 atom stereocenters. The molecule has 0 bridgehead atoms. The van der Waals surface area contributed by atoms with Gasteiger partial charge in [0.25, 0.3) is 0 Å². The van der Waals surface area contributed by atoms with E-state index in [2.05, 4.69) is 45.5 Å². The second-order valence-corrected chi connectivity index (χ2v) is 4.51. The molecule has 0 aromatic heterocycles.